The standard InChI is InChI=1S/C13H15N5O/c1-8-4-5-11(19-8)9(2)17-12-10-6-16-18(3)13(10)15-7-14-12/h4-7,9H,1-3H3,(H,14,15,17)/t9-/m1/s1. The predicted octanol–water partition coefficient (Wildman–Crippen LogP) is 2.44. The van der Waals surface area contributed by atoms with Crippen LogP contribution in [-0.4, -0.2) is 19.7 Å². The predicted molar refractivity (Wildman–Crippen MR) is 71.8 cm³/mol. The third-order valence-corrected chi connectivity index (χ3v) is 3.07. The second-order valence-corrected chi connectivity index (χ2v) is 4.54. The Bertz CT molecular complexity index is 715. The Labute approximate surface area is 110 Å². The Kier molecular flexibility index (Phi) is 2.70. The second-order valence-electron chi connectivity index (χ2n) is 4.54. The third kappa shape index (κ3) is 2.05. The lowest BCUT2D eigenvalue weighted by atomic mass is 10.2. The van der Waals surface area contributed by atoms with Crippen molar-refractivity contribution in [3.05, 3.63) is 36.2 Å². The Morgan fingerprint density at radius 3 is 2.89 bits per heavy atom. The van der Waals surface area contributed by atoms with E-state index in [2.05, 4.69) is 20.4 Å². The molecule has 0 amide bonds. The normalized spacial score (nSPS) is 12.8. The smallest absolute Gasteiger partial charge is 0.163 e. The molecule has 0 saturated heterocycles. The van der Waals surface area contributed by atoms with Gasteiger partial charge in [0, 0.05) is 7.05 Å². The SMILES string of the molecule is Cc1ccc([C@@H](C)Nc2ncnc3c2cnn3C)o1. The topological polar surface area (TPSA) is 68.8 Å². The van der Waals surface area contributed by atoms with Crippen LogP contribution in [0.2, 0.25) is 0 Å². The summed E-state index contributed by atoms with van der Waals surface area (Å²) in [5.41, 5.74) is 0.806. The van der Waals surface area contributed by atoms with Crippen LogP contribution in [0.3, 0.4) is 0 Å². The summed E-state index contributed by atoms with van der Waals surface area (Å²) in [6.07, 6.45) is 3.30. The number of hydrogen-bond donors (Lipinski definition) is 1. The molecular weight excluding hydrogens is 242 g/mol. The van der Waals surface area contributed by atoms with Gasteiger partial charge in [-0.05, 0) is 26.0 Å². The van der Waals surface area contributed by atoms with E-state index in [1.54, 1.807) is 10.9 Å². The number of hydrogen-bond acceptors (Lipinski definition) is 5. The average Bonchev–Trinajstić information content (AvgIpc) is 2.98. The molecule has 0 aromatic carbocycles. The van der Waals surface area contributed by atoms with Gasteiger partial charge in [-0.15, -0.1) is 0 Å². The van der Waals surface area contributed by atoms with E-state index in [1.165, 1.54) is 6.33 Å². The summed E-state index contributed by atoms with van der Waals surface area (Å²) in [6.45, 7) is 3.96. The first-order chi connectivity index (χ1) is 9.15. The number of anilines is 1. The van der Waals surface area contributed by atoms with Crippen LogP contribution in [0.1, 0.15) is 24.5 Å². The van der Waals surface area contributed by atoms with Crippen LogP contribution in [0, 0.1) is 6.92 Å². The minimum Gasteiger partial charge on any atom is -0.464 e. The molecule has 3 aromatic heterocycles. The van der Waals surface area contributed by atoms with Crippen LogP contribution >= 0.6 is 0 Å². The number of fused-ring (bicyclic) bond motifs is 1. The molecule has 0 saturated carbocycles. The summed E-state index contributed by atoms with van der Waals surface area (Å²) in [5, 5.41) is 8.42. The van der Waals surface area contributed by atoms with Gasteiger partial charge in [0.2, 0.25) is 0 Å². The molecule has 0 bridgehead atoms. The maximum absolute atomic E-state index is 5.61. The van der Waals surface area contributed by atoms with Crippen molar-refractivity contribution in [1.82, 2.24) is 19.7 Å². The molecule has 0 radical (unpaired) electrons. The number of aryl methyl sites for hydroxylation is 2. The van der Waals surface area contributed by atoms with Crippen LogP contribution < -0.4 is 5.32 Å². The van der Waals surface area contributed by atoms with E-state index in [4.69, 9.17) is 4.42 Å². The van der Waals surface area contributed by atoms with Gasteiger partial charge in [0.1, 0.15) is 23.7 Å². The molecule has 0 aliphatic heterocycles. The van der Waals surface area contributed by atoms with E-state index in [1.807, 2.05) is 33.0 Å². The summed E-state index contributed by atoms with van der Waals surface area (Å²) in [7, 11) is 1.86. The maximum atomic E-state index is 5.61. The Morgan fingerprint density at radius 1 is 1.32 bits per heavy atom. The molecule has 98 valence electrons. The van der Waals surface area contributed by atoms with Crippen molar-refractivity contribution in [2.75, 3.05) is 5.32 Å². The third-order valence-electron chi connectivity index (χ3n) is 3.07. The number of rotatable bonds is 3. The fourth-order valence-corrected chi connectivity index (χ4v) is 2.04. The molecule has 19 heavy (non-hydrogen) atoms. The summed E-state index contributed by atoms with van der Waals surface area (Å²) in [5.74, 6) is 2.55. The Morgan fingerprint density at radius 2 is 2.16 bits per heavy atom. The van der Waals surface area contributed by atoms with Gasteiger partial charge in [-0.2, -0.15) is 5.10 Å². The fourth-order valence-electron chi connectivity index (χ4n) is 2.04. The molecule has 6 heteroatoms. The van der Waals surface area contributed by atoms with Gasteiger partial charge in [0.15, 0.2) is 5.65 Å². The zero-order valence-corrected chi connectivity index (χ0v) is 11.1. The van der Waals surface area contributed by atoms with Gasteiger partial charge < -0.3 is 9.73 Å². The zero-order chi connectivity index (χ0) is 13.4. The second kappa shape index (κ2) is 4.38. The van der Waals surface area contributed by atoms with Crippen LogP contribution in [-0.2, 0) is 7.05 Å². The highest BCUT2D eigenvalue weighted by atomic mass is 16.3. The molecule has 1 N–H and O–H groups in total. The lowest BCUT2D eigenvalue weighted by molar-refractivity contribution is 0.466. The van der Waals surface area contributed by atoms with Crippen LogP contribution in [0.5, 0.6) is 0 Å². The van der Waals surface area contributed by atoms with Crippen LogP contribution in [0.25, 0.3) is 11.0 Å². The molecule has 6 nitrogen and oxygen atoms in total. The van der Waals surface area contributed by atoms with Crippen molar-refractivity contribution in [2.45, 2.75) is 19.9 Å². The lowest BCUT2D eigenvalue weighted by Crippen LogP contribution is -2.07. The molecule has 3 rings (SSSR count). The van der Waals surface area contributed by atoms with Gasteiger partial charge >= 0.3 is 0 Å². The van der Waals surface area contributed by atoms with Gasteiger partial charge in [0.05, 0.1) is 17.6 Å². The quantitative estimate of drug-likeness (QED) is 0.780. The average molecular weight is 257 g/mol. The Hall–Kier alpha value is -2.37. The first kappa shape index (κ1) is 11.7. The fraction of sp³-hybridized carbons (Fsp3) is 0.308. The summed E-state index contributed by atoms with van der Waals surface area (Å²) in [6, 6.07) is 3.95. The molecule has 0 aliphatic carbocycles. The largest absolute Gasteiger partial charge is 0.464 e. The van der Waals surface area contributed by atoms with Gasteiger partial charge in [0.25, 0.3) is 0 Å². The molecule has 3 aromatic rings. The molecule has 0 aliphatic rings. The summed E-state index contributed by atoms with van der Waals surface area (Å²) >= 11 is 0. The number of nitrogens with zero attached hydrogens (tertiary/aromatic N) is 4. The molecule has 0 spiro atoms. The van der Waals surface area contributed by atoms with Crippen molar-refractivity contribution in [1.29, 1.82) is 0 Å². The van der Waals surface area contributed by atoms with Crippen molar-refractivity contribution in [3.8, 4) is 0 Å². The number of furan rings is 1. The van der Waals surface area contributed by atoms with E-state index >= 15 is 0 Å². The highest BCUT2D eigenvalue weighted by molar-refractivity contribution is 5.86. The van der Waals surface area contributed by atoms with E-state index in [-0.39, 0.29) is 6.04 Å². The molecule has 3 heterocycles. The molecule has 0 fully saturated rings. The minimum absolute atomic E-state index is 0.0343. The molecule has 0 unspecified atom stereocenters. The maximum Gasteiger partial charge on any atom is 0.163 e. The first-order valence-electron chi connectivity index (χ1n) is 6.10. The van der Waals surface area contributed by atoms with Gasteiger partial charge in [-0.3, -0.25) is 4.68 Å². The number of nitrogens with one attached hydrogen (secondary N) is 1. The Balaban J connectivity index is 1.93. The monoisotopic (exact) mass is 257 g/mol. The lowest BCUT2D eigenvalue weighted by Gasteiger charge is -2.12. The van der Waals surface area contributed by atoms with Crippen molar-refractivity contribution in [2.24, 2.45) is 7.05 Å². The van der Waals surface area contributed by atoms with Gasteiger partial charge in [-0.25, -0.2) is 9.97 Å². The minimum atomic E-state index is 0.0343. The zero-order valence-electron chi connectivity index (χ0n) is 11.1. The summed E-state index contributed by atoms with van der Waals surface area (Å²) in [4.78, 5) is 8.49. The van der Waals surface area contributed by atoms with Crippen LogP contribution in [0.15, 0.2) is 29.1 Å². The summed E-state index contributed by atoms with van der Waals surface area (Å²) < 4.78 is 7.33. The number of aromatic nitrogens is 4. The van der Waals surface area contributed by atoms with Crippen molar-refractivity contribution < 1.29 is 4.42 Å². The van der Waals surface area contributed by atoms with Crippen LogP contribution in [0.4, 0.5) is 5.82 Å². The molecule has 1 atom stereocenters. The molecular formula is C13H15N5O. The van der Waals surface area contributed by atoms with Gasteiger partial charge in [-0.1, -0.05) is 0 Å². The van der Waals surface area contributed by atoms with E-state index in [9.17, 15) is 0 Å². The van der Waals surface area contributed by atoms with Crippen molar-refractivity contribution in [3.63, 3.8) is 0 Å². The van der Waals surface area contributed by atoms with E-state index < -0.39 is 0 Å². The van der Waals surface area contributed by atoms with E-state index in [0.717, 1.165) is 28.4 Å². The first-order valence-corrected chi connectivity index (χ1v) is 6.10. The van der Waals surface area contributed by atoms with E-state index in [0.29, 0.717) is 0 Å². The highest BCUT2D eigenvalue weighted by Crippen LogP contribution is 2.24. The van der Waals surface area contributed by atoms with Crippen molar-refractivity contribution >= 4 is 16.9 Å². The highest BCUT2D eigenvalue weighted by Gasteiger charge is 2.13.